The molecular formula is C11H16ClFN2OS. The number of hydrogen-bond acceptors (Lipinski definition) is 3. The highest BCUT2D eigenvalue weighted by atomic mass is 35.5. The molecule has 0 amide bonds. The predicted molar refractivity (Wildman–Crippen MR) is 69.4 cm³/mol. The monoisotopic (exact) mass is 278 g/mol. The van der Waals surface area contributed by atoms with E-state index in [0.717, 1.165) is 0 Å². The molecule has 0 aliphatic carbocycles. The molecule has 0 saturated carbocycles. The summed E-state index contributed by atoms with van der Waals surface area (Å²) in [5.41, 5.74) is 5.90. The molecule has 0 radical (unpaired) electrons. The first kappa shape index (κ1) is 14.7. The molecule has 1 rings (SSSR count). The van der Waals surface area contributed by atoms with Crippen LogP contribution in [0.15, 0.2) is 18.2 Å². The van der Waals surface area contributed by atoms with E-state index >= 15 is 0 Å². The van der Waals surface area contributed by atoms with Crippen LogP contribution >= 0.6 is 11.6 Å². The Balaban J connectivity index is 2.87. The van der Waals surface area contributed by atoms with Crippen LogP contribution < -0.4 is 10.5 Å². The van der Waals surface area contributed by atoms with E-state index in [2.05, 4.69) is 4.72 Å². The van der Waals surface area contributed by atoms with Crippen molar-refractivity contribution in [3.8, 4) is 0 Å². The summed E-state index contributed by atoms with van der Waals surface area (Å²) in [6.45, 7) is 5.39. The zero-order valence-corrected chi connectivity index (χ0v) is 11.5. The van der Waals surface area contributed by atoms with Gasteiger partial charge in [0.15, 0.2) is 0 Å². The largest absolute Gasteiger partial charge is 0.598 e. The number of halogens is 2. The molecule has 1 aromatic carbocycles. The number of rotatable bonds is 3. The minimum Gasteiger partial charge on any atom is -0.598 e. The Kier molecular flexibility index (Phi) is 4.80. The molecule has 1 aromatic rings. The van der Waals surface area contributed by atoms with E-state index in [1.807, 2.05) is 0 Å². The Morgan fingerprint density at radius 1 is 1.47 bits per heavy atom. The van der Waals surface area contributed by atoms with Crippen molar-refractivity contribution in [3.63, 3.8) is 0 Å². The van der Waals surface area contributed by atoms with Gasteiger partial charge in [-0.1, -0.05) is 17.7 Å². The Hall–Kier alpha value is -0.330. The summed E-state index contributed by atoms with van der Waals surface area (Å²) in [6.07, 6.45) is -0.899. The molecule has 96 valence electrons. The summed E-state index contributed by atoms with van der Waals surface area (Å²) in [7, 11) is 0. The summed E-state index contributed by atoms with van der Waals surface area (Å²) < 4.78 is 27.5. The van der Waals surface area contributed by atoms with E-state index in [1.165, 1.54) is 12.1 Å². The minimum absolute atomic E-state index is 0.131. The molecule has 3 nitrogen and oxygen atoms in total. The van der Waals surface area contributed by atoms with Crippen LogP contribution in [0.2, 0.25) is 5.02 Å². The van der Waals surface area contributed by atoms with Gasteiger partial charge in [0, 0.05) is 21.9 Å². The van der Waals surface area contributed by atoms with Crippen LogP contribution in [0.25, 0.3) is 0 Å². The highest BCUT2D eigenvalue weighted by Gasteiger charge is 2.30. The molecule has 6 heteroatoms. The summed E-state index contributed by atoms with van der Waals surface area (Å²) in [6, 6.07) is 4.30. The lowest BCUT2D eigenvalue weighted by Gasteiger charge is -2.26. The van der Waals surface area contributed by atoms with Crippen molar-refractivity contribution < 1.29 is 8.94 Å². The molecular weight excluding hydrogens is 263 g/mol. The van der Waals surface area contributed by atoms with Crippen molar-refractivity contribution in [2.75, 3.05) is 0 Å². The molecule has 0 unspecified atom stereocenters. The maximum Gasteiger partial charge on any atom is 0.137 e. The summed E-state index contributed by atoms with van der Waals surface area (Å²) in [5.74, 6) is -0.511. The first-order valence-corrected chi connectivity index (χ1v) is 6.64. The van der Waals surface area contributed by atoms with E-state index in [1.54, 1.807) is 26.8 Å². The molecule has 0 fully saturated rings. The lowest BCUT2D eigenvalue weighted by molar-refractivity contribution is 0.516. The molecule has 0 heterocycles. The highest BCUT2D eigenvalue weighted by Crippen LogP contribution is 2.25. The van der Waals surface area contributed by atoms with Crippen molar-refractivity contribution in [1.82, 2.24) is 4.72 Å². The standard InChI is InChI=1S/C11H16ClFN2OS/c1-11(2,3)17(16)15-10(14)9-7(12)5-4-6-8(9)13/h4-6,10,15H,14H2,1-3H3/t10-,17-/m1/s1. The van der Waals surface area contributed by atoms with Crippen molar-refractivity contribution >= 4 is 23.0 Å². The van der Waals surface area contributed by atoms with Gasteiger partial charge >= 0.3 is 0 Å². The van der Waals surface area contributed by atoms with Crippen LogP contribution in [0.3, 0.4) is 0 Å². The minimum atomic E-state index is -1.38. The molecule has 0 bridgehead atoms. The number of benzene rings is 1. The second-order valence-electron chi connectivity index (χ2n) is 4.61. The average molecular weight is 279 g/mol. The van der Waals surface area contributed by atoms with Gasteiger partial charge < -0.3 is 10.3 Å². The predicted octanol–water partition coefficient (Wildman–Crippen LogP) is 2.49. The van der Waals surface area contributed by atoms with Gasteiger partial charge in [0.05, 0.1) is 0 Å². The van der Waals surface area contributed by atoms with Crippen molar-refractivity contribution in [1.29, 1.82) is 0 Å². The van der Waals surface area contributed by atoms with Crippen molar-refractivity contribution in [2.24, 2.45) is 5.73 Å². The van der Waals surface area contributed by atoms with Crippen molar-refractivity contribution in [3.05, 3.63) is 34.6 Å². The maximum absolute atomic E-state index is 13.5. The summed E-state index contributed by atoms with van der Waals surface area (Å²) in [4.78, 5) is 0. The van der Waals surface area contributed by atoms with E-state index in [9.17, 15) is 8.94 Å². The molecule has 17 heavy (non-hydrogen) atoms. The SMILES string of the molecule is CC(C)(C)[S@@+]([O-])N[C@@H](N)c1c(F)cccc1Cl. The Bertz CT molecular complexity index is 377. The second kappa shape index (κ2) is 5.54. The fourth-order valence-corrected chi connectivity index (χ4v) is 2.14. The van der Waals surface area contributed by atoms with Gasteiger partial charge in [-0.15, -0.1) is 4.72 Å². The fraction of sp³-hybridized carbons (Fsp3) is 0.455. The number of hydrogen-bond donors (Lipinski definition) is 2. The van der Waals surface area contributed by atoms with Gasteiger partial charge in [-0.3, -0.25) is 0 Å². The van der Waals surface area contributed by atoms with Gasteiger partial charge in [-0.25, -0.2) is 4.39 Å². The Morgan fingerprint density at radius 2 is 2.06 bits per heavy atom. The van der Waals surface area contributed by atoms with Gasteiger partial charge in [0.1, 0.15) is 16.7 Å². The second-order valence-corrected chi connectivity index (χ2v) is 7.02. The first-order valence-electron chi connectivity index (χ1n) is 5.11. The Morgan fingerprint density at radius 3 is 2.53 bits per heavy atom. The summed E-state index contributed by atoms with van der Waals surface area (Å²) in [5, 5.41) is 0.218. The van der Waals surface area contributed by atoms with Crippen LogP contribution in [0.4, 0.5) is 4.39 Å². The zero-order chi connectivity index (χ0) is 13.2. The molecule has 0 saturated heterocycles. The smallest absolute Gasteiger partial charge is 0.137 e. The molecule has 0 aromatic heterocycles. The fourth-order valence-electron chi connectivity index (χ4n) is 1.16. The van der Waals surface area contributed by atoms with Crippen LogP contribution in [0.5, 0.6) is 0 Å². The lowest BCUT2D eigenvalue weighted by atomic mass is 10.2. The average Bonchev–Trinajstić information content (AvgIpc) is 2.15. The van der Waals surface area contributed by atoms with Gasteiger partial charge in [0.2, 0.25) is 0 Å². The van der Waals surface area contributed by atoms with Crippen LogP contribution in [0.1, 0.15) is 32.5 Å². The van der Waals surface area contributed by atoms with E-state index < -0.39 is 28.1 Å². The third-order valence-electron chi connectivity index (χ3n) is 2.10. The third kappa shape index (κ3) is 3.82. The number of nitrogens with one attached hydrogen (secondary N) is 1. The molecule has 2 atom stereocenters. The maximum atomic E-state index is 13.5. The third-order valence-corrected chi connectivity index (χ3v) is 4.01. The molecule has 0 aliphatic rings. The summed E-state index contributed by atoms with van der Waals surface area (Å²) >= 11 is 4.48. The lowest BCUT2D eigenvalue weighted by Crippen LogP contribution is -2.44. The van der Waals surface area contributed by atoms with E-state index in [-0.39, 0.29) is 10.6 Å². The first-order chi connectivity index (χ1) is 7.73. The molecule has 3 N–H and O–H groups in total. The van der Waals surface area contributed by atoms with Gasteiger partial charge in [-0.2, -0.15) is 0 Å². The van der Waals surface area contributed by atoms with E-state index in [4.69, 9.17) is 17.3 Å². The van der Waals surface area contributed by atoms with Gasteiger partial charge in [-0.05, 0) is 32.9 Å². The topological polar surface area (TPSA) is 61.1 Å². The van der Waals surface area contributed by atoms with Gasteiger partial charge in [0.25, 0.3) is 0 Å². The van der Waals surface area contributed by atoms with Crippen LogP contribution in [0, 0.1) is 5.82 Å². The highest BCUT2D eigenvalue weighted by molar-refractivity contribution is 7.90. The molecule has 0 aliphatic heterocycles. The Labute approximate surface area is 109 Å². The van der Waals surface area contributed by atoms with Crippen LogP contribution in [-0.4, -0.2) is 9.30 Å². The van der Waals surface area contributed by atoms with E-state index in [0.29, 0.717) is 0 Å². The normalized spacial score (nSPS) is 15.7. The van der Waals surface area contributed by atoms with Crippen molar-refractivity contribution in [2.45, 2.75) is 31.7 Å². The zero-order valence-electron chi connectivity index (χ0n) is 9.96. The quantitative estimate of drug-likeness (QED) is 0.660. The molecule has 0 spiro atoms. The number of nitrogens with two attached hydrogens (primary N) is 1. The van der Waals surface area contributed by atoms with Crippen LogP contribution in [-0.2, 0) is 11.4 Å².